The highest BCUT2D eigenvalue weighted by Crippen LogP contribution is 2.10. The summed E-state index contributed by atoms with van der Waals surface area (Å²) in [4.78, 5) is 0. The molecule has 0 amide bonds. The predicted molar refractivity (Wildman–Crippen MR) is 66.4 cm³/mol. The van der Waals surface area contributed by atoms with Crippen molar-refractivity contribution in [1.82, 2.24) is 4.31 Å². The van der Waals surface area contributed by atoms with Gasteiger partial charge in [-0.25, -0.2) is 12.7 Å². The van der Waals surface area contributed by atoms with Gasteiger partial charge in [0.2, 0.25) is 10.0 Å². The molecular weight excluding hydrogens is 224 g/mol. The Balaban J connectivity index is 2.71. The van der Waals surface area contributed by atoms with Gasteiger partial charge in [-0.05, 0) is 24.1 Å². The summed E-state index contributed by atoms with van der Waals surface area (Å²) in [6.45, 7) is 2.25. The minimum atomic E-state index is -3.12. The smallest absolute Gasteiger partial charge is 0.214 e. The average Bonchev–Trinajstić information content (AvgIpc) is 2.21. The summed E-state index contributed by atoms with van der Waals surface area (Å²) < 4.78 is 24.8. The molecule has 1 aromatic carbocycles. The second-order valence-electron chi connectivity index (χ2n) is 3.81. The van der Waals surface area contributed by atoms with E-state index in [0.717, 1.165) is 5.56 Å². The van der Waals surface area contributed by atoms with Crippen molar-refractivity contribution in [2.45, 2.75) is 19.9 Å². The van der Waals surface area contributed by atoms with Gasteiger partial charge in [0.05, 0.1) is 5.75 Å². The molecule has 0 bridgehead atoms. The number of hydrogen-bond acceptors (Lipinski definition) is 3. The number of anilines is 1. The summed E-state index contributed by atoms with van der Waals surface area (Å²) in [7, 11) is -1.52. The Kier molecular flexibility index (Phi) is 4.32. The minimum Gasteiger partial charge on any atom is -0.399 e. The zero-order chi connectivity index (χ0) is 12.2. The van der Waals surface area contributed by atoms with Crippen LogP contribution < -0.4 is 5.73 Å². The molecular formula is C11H18N2O2S. The highest BCUT2D eigenvalue weighted by Gasteiger charge is 2.16. The van der Waals surface area contributed by atoms with Gasteiger partial charge in [-0.2, -0.15) is 0 Å². The lowest BCUT2D eigenvalue weighted by atomic mass is 10.2. The van der Waals surface area contributed by atoms with Gasteiger partial charge in [0.1, 0.15) is 0 Å². The van der Waals surface area contributed by atoms with Crippen molar-refractivity contribution in [3.8, 4) is 0 Å². The molecule has 0 radical (unpaired) electrons. The van der Waals surface area contributed by atoms with E-state index in [-0.39, 0.29) is 5.75 Å². The van der Waals surface area contributed by atoms with Crippen molar-refractivity contribution in [2.24, 2.45) is 0 Å². The van der Waals surface area contributed by atoms with Gasteiger partial charge in [0, 0.05) is 19.3 Å². The first-order valence-electron chi connectivity index (χ1n) is 5.24. The second kappa shape index (κ2) is 5.32. The summed E-state index contributed by atoms with van der Waals surface area (Å²) in [6, 6.07) is 7.23. The van der Waals surface area contributed by atoms with Crippen LogP contribution in [0, 0.1) is 0 Å². The van der Waals surface area contributed by atoms with Crippen LogP contribution in [0.4, 0.5) is 5.69 Å². The second-order valence-corrected chi connectivity index (χ2v) is 6.01. The quantitative estimate of drug-likeness (QED) is 0.795. The molecule has 4 nitrogen and oxygen atoms in total. The maximum atomic E-state index is 11.7. The molecule has 0 saturated heterocycles. The number of nitrogens with two attached hydrogens (primary N) is 1. The molecule has 0 unspecified atom stereocenters. The minimum absolute atomic E-state index is 0.193. The molecule has 0 saturated carbocycles. The predicted octanol–water partition coefficient (Wildman–Crippen LogP) is 1.44. The van der Waals surface area contributed by atoms with E-state index in [0.29, 0.717) is 18.7 Å². The number of nitrogens with zero attached hydrogens (tertiary/aromatic N) is 1. The van der Waals surface area contributed by atoms with E-state index in [1.54, 1.807) is 19.2 Å². The number of benzene rings is 1. The summed E-state index contributed by atoms with van der Waals surface area (Å²) >= 11 is 0. The van der Waals surface area contributed by atoms with Crippen molar-refractivity contribution < 1.29 is 8.42 Å². The standard InChI is InChI=1S/C11H18N2O2S/c1-3-8-16(14,15)13(2)9-10-4-6-11(12)7-5-10/h4-7H,3,8-9,12H2,1-2H3. The van der Waals surface area contributed by atoms with Crippen molar-refractivity contribution in [2.75, 3.05) is 18.5 Å². The largest absolute Gasteiger partial charge is 0.399 e. The third-order valence-corrected chi connectivity index (χ3v) is 4.32. The number of hydrogen-bond donors (Lipinski definition) is 1. The molecule has 0 atom stereocenters. The Morgan fingerprint density at radius 1 is 1.25 bits per heavy atom. The van der Waals surface area contributed by atoms with E-state index in [1.165, 1.54) is 4.31 Å². The summed E-state index contributed by atoms with van der Waals surface area (Å²) in [5.41, 5.74) is 7.18. The molecule has 16 heavy (non-hydrogen) atoms. The zero-order valence-corrected chi connectivity index (χ0v) is 10.5. The van der Waals surface area contributed by atoms with E-state index >= 15 is 0 Å². The topological polar surface area (TPSA) is 63.4 Å². The maximum Gasteiger partial charge on any atom is 0.214 e. The highest BCUT2D eigenvalue weighted by molar-refractivity contribution is 7.89. The van der Waals surface area contributed by atoms with Gasteiger partial charge in [-0.15, -0.1) is 0 Å². The third-order valence-electron chi connectivity index (χ3n) is 2.32. The normalized spacial score (nSPS) is 11.9. The van der Waals surface area contributed by atoms with Crippen LogP contribution in [0.2, 0.25) is 0 Å². The van der Waals surface area contributed by atoms with Gasteiger partial charge in [0.15, 0.2) is 0 Å². The first-order chi connectivity index (χ1) is 7.45. The molecule has 0 aliphatic rings. The van der Waals surface area contributed by atoms with Crippen LogP contribution in [0.3, 0.4) is 0 Å². The fourth-order valence-corrected chi connectivity index (χ4v) is 2.57. The van der Waals surface area contributed by atoms with Crippen LogP contribution in [0.25, 0.3) is 0 Å². The Bertz CT molecular complexity index is 426. The molecule has 0 aromatic heterocycles. The van der Waals surface area contributed by atoms with Crippen molar-refractivity contribution in [3.63, 3.8) is 0 Å². The van der Waals surface area contributed by atoms with Crippen molar-refractivity contribution in [3.05, 3.63) is 29.8 Å². The zero-order valence-electron chi connectivity index (χ0n) is 9.68. The highest BCUT2D eigenvalue weighted by atomic mass is 32.2. The number of nitrogen functional groups attached to an aromatic ring is 1. The first kappa shape index (κ1) is 13.0. The molecule has 0 aliphatic carbocycles. The van der Waals surface area contributed by atoms with E-state index < -0.39 is 10.0 Å². The Morgan fingerprint density at radius 2 is 1.81 bits per heavy atom. The first-order valence-corrected chi connectivity index (χ1v) is 6.85. The Labute approximate surface area is 97.1 Å². The monoisotopic (exact) mass is 242 g/mol. The molecule has 2 N–H and O–H groups in total. The van der Waals surface area contributed by atoms with E-state index in [1.807, 2.05) is 19.1 Å². The summed E-state index contributed by atoms with van der Waals surface area (Å²) in [5, 5.41) is 0. The van der Waals surface area contributed by atoms with Crippen LogP contribution >= 0.6 is 0 Å². The van der Waals surface area contributed by atoms with Gasteiger partial charge in [-0.1, -0.05) is 19.1 Å². The van der Waals surface area contributed by atoms with Crippen molar-refractivity contribution >= 4 is 15.7 Å². The van der Waals surface area contributed by atoms with E-state index in [2.05, 4.69) is 0 Å². The lowest BCUT2D eigenvalue weighted by Gasteiger charge is -2.16. The fourth-order valence-electron chi connectivity index (χ4n) is 1.39. The number of rotatable bonds is 5. The van der Waals surface area contributed by atoms with Gasteiger partial charge in [-0.3, -0.25) is 0 Å². The van der Waals surface area contributed by atoms with Crippen LogP contribution in [0.1, 0.15) is 18.9 Å². The van der Waals surface area contributed by atoms with Crippen LogP contribution in [0.5, 0.6) is 0 Å². The third kappa shape index (κ3) is 3.50. The molecule has 1 rings (SSSR count). The summed E-state index contributed by atoms with van der Waals surface area (Å²) in [6.07, 6.45) is 0.633. The van der Waals surface area contributed by atoms with Crippen LogP contribution in [0.15, 0.2) is 24.3 Å². The van der Waals surface area contributed by atoms with Gasteiger partial charge >= 0.3 is 0 Å². The molecule has 0 heterocycles. The van der Waals surface area contributed by atoms with Gasteiger partial charge < -0.3 is 5.73 Å². The molecule has 1 aromatic rings. The van der Waals surface area contributed by atoms with Crippen molar-refractivity contribution in [1.29, 1.82) is 0 Å². The number of sulfonamides is 1. The average molecular weight is 242 g/mol. The Morgan fingerprint density at radius 3 is 2.31 bits per heavy atom. The molecule has 90 valence electrons. The molecule has 0 aliphatic heterocycles. The van der Waals surface area contributed by atoms with Crippen LogP contribution in [-0.4, -0.2) is 25.5 Å². The lowest BCUT2D eigenvalue weighted by molar-refractivity contribution is 0.466. The fraction of sp³-hybridized carbons (Fsp3) is 0.455. The Hall–Kier alpha value is -1.07. The molecule has 5 heteroatoms. The maximum absolute atomic E-state index is 11.7. The van der Waals surface area contributed by atoms with E-state index in [9.17, 15) is 8.42 Å². The SMILES string of the molecule is CCCS(=O)(=O)N(C)Cc1ccc(N)cc1. The molecule has 0 fully saturated rings. The van der Waals surface area contributed by atoms with Gasteiger partial charge in [0.25, 0.3) is 0 Å². The lowest BCUT2D eigenvalue weighted by Crippen LogP contribution is -2.28. The summed E-state index contributed by atoms with van der Waals surface area (Å²) in [5.74, 6) is 0.193. The van der Waals surface area contributed by atoms with E-state index in [4.69, 9.17) is 5.73 Å². The van der Waals surface area contributed by atoms with Crippen LogP contribution in [-0.2, 0) is 16.6 Å². The molecule has 0 spiro atoms.